The minimum atomic E-state index is -0.366. The quantitative estimate of drug-likeness (QED) is 0.278. The maximum Gasteiger partial charge on any atom is 0.231 e. The lowest BCUT2D eigenvalue weighted by molar-refractivity contribution is 0.174. The van der Waals surface area contributed by atoms with Gasteiger partial charge in [-0.1, -0.05) is 60.3 Å². The topological polar surface area (TPSA) is 58.4 Å². The Morgan fingerprint density at radius 2 is 1.75 bits per heavy atom. The molecule has 1 aromatic heterocycles. The summed E-state index contributed by atoms with van der Waals surface area (Å²) in [5, 5.41) is 9.62. The van der Waals surface area contributed by atoms with Gasteiger partial charge >= 0.3 is 0 Å². The maximum atomic E-state index is 13.8. The molecule has 5 rings (SSSR count). The second-order valence-electron chi connectivity index (χ2n) is 7.07. The smallest absolute Gasteiger partial charge is 0.231 e. The molecule has 6 nitrogen and oxygen atoms in total. The number of fused-ring (bicyclic) bond motifs is 1. The monoisotopic (exact) mass is 449 g/mol. The molecule has 4 aromatic rings. The molecule has 0 aliphatic carbocycles. The molecule has 0 amide bonds. The van der Waals surface area contributed by atoms with E-state index in [1.54, 1.807) is 18.2 Å². The molecule has 162 valence electrons. The summed E-state index contributed by atoms with van der Waals surface area (Å²) in [7, 11) is 0. The predicted octanol–water partition coefficient (Wildman–Crippen LogP) is 5.03. The first-order valence-corrected chi connectivity index (χ1v) is 11.1. The van der Waals surface area contributed by atoms with Crippen molar-refractivity contribution in [1.29, 1.82) is 0 Å². The van der Waals surface area contributed by atoms with E-state index in [0.717, 1.165) is 33.6 Å². The van der Waals surface area contributed by atoms with Gasteiger partial charge in [-0.2, -0.15) is 0 Å². The zero-order valence-corrected chi connectivity index (χ0v) is 17.9. The highest BCUT2D eigenvalue weighted by Gasteiger charge is 2.18. The van der Waals surface area contributed by atoms with Gasteiger partial charge in [0.2, 0.25) is 6.79 Å². The Labute approximate surface area is 189 Å². The number of nitrogens with zero attached hydrogens (tertiary/aromatic N) is 3. The van der Waals surface area contributed by atoms with Crippen LogP contribution in [0.3, 0.4) is 0 Å². The zero-order chi connectivity index (χ0) is 21.8. The Balaban J connectivity index is 1.35. The molecule has 3 aromatic carbocycles. The number of thioether (sulfide) groups is 1. The van der Waals surface area contributed by atoms with Crippen LogP contribution in [0.5, 0.6) is 17.2 Å². The molecular formula is C24H20FN3O3S. The lowest BCUT2D eigenvalue weighted by Gasteiger charge is -2.11. The van der Waals surface area contributed by atoms with Crippen molar-refractivity contribution in [2.45, 2.75) is 11.7 Å². The van der Waals surface area contributed by atoms with E-state index in [1.165, 1.54) is 17.8 Å². The largest absolute Gasteiger partial charge is 0.490 e. The number of aromatic nitrogens is 3. The Morgan fingerprint density at radius 1 is 0.938 bits per heavy atom. The summed E-state index contributed by atoms with van der Waals surface area (Å²) in [6.45, 7) is 1.16. The Hall–Kier alpha value is -3.52. The Kier molecular flexibility index (Phi) is 5.93. The minimum absolute atomic E-state index is 0.240. The molecule has 32 heavy (non-hydrogen) atoms. The summed E-state index contributed by atoms with van der Waals surface area (Å²) >= 11 is 1.52. The van der Waals surface area contributed by atoms with Crippen LogP contribution in [0.1, 0.15) is 5.56 Å². The molecular weight excluding hydrogens is 429 g/mol. The van der Waals surface area contributed by atoms with E-state index in [4.69, 9.17) is 14.2 Å². The van der Waals surface area contributed by atoms with Crippen LogP contribution in [0.15, 0.2) is 78.0 Å². The molecule has 0 bridgehead atoms. The molecule has 8 heteroatoms. The van der Waals surface area contributed by atoms with Crippen LogP contribution in [0.2, 0.25) is 0 Å². The number of benzene rings is 3. The standard InChI is InChI=1S/C24H20FN3O3S/c25-19-8-4-5-9-20(19)29-12-13-32-24-27-26-23(18-6-2-1-3-7-18)28(24)15-17-10-11-21-22(14-17)31-16-30-21/h1-11,14H,12-13,15-16H2. The molecule has 0 N–H and O–H groups in total. The molecule has 1 aliphatic rings. The van der Waals surface area contributed by atoms with E-state index in [2.05, 4.69) is 14.8 Å². The summed E-state index contributed by atoms with van der Waals surface area (Å²) in [5.41, 5.74) is 2.03. The van der Waals surface area contributed by atoms with Gasteiger partial charge in [0.1, 0.15) is 0 Å². The number of rotatable bonds is 8. The fraction of sp³-hybridized carbons (Fsp3) is 0.167. The molecule has 0 unspecified atom stereocenters. The van der Waals surface area contributed by atoms with E-state index >= 15 is 0 Å². The van der Waals surface area contributed by atoms with Gasteiger partial charge < -0.3 is 14.2 Å². The van der Waals surface area contributed by atoms with Crippen molar-refractivity contribution >= 4 is 11.8 Å². The van der Waals surface area contributed by atoms with Crippen LogP contribution < -0.4 is 14.2 Å². The SMILES string of the molecule is Fc1ccccc1OCCSc1nnc(-c2ccccc2)n1Cc1ccc2c(c1)OCO2. The number of ether oxygens (including phenoxy) is 3. The van der Waals surface area contributed by atoms with Crippen molar-refractivity contribution < 1.29 is 18.6 Å². The second kappa shape index (κ2) is 9.32. The van der Waals surface area contributed by atoms with Gasteiger partial charge in [0.05, 0.1) is 13.2 Å². The lowest BCUT2D eigenvalue weighted by Crippen LogP contribution is -2.06. The molecule has 2 heterocycles. The van der Waals surface area contributed by atoms with Gasteiger partial charge in [-0.3, -0.25) is 4.57 Å². The predicted molar refractivity (Wildman–Crippen MR) is 120 cm³/mol. The fourth-order valence-corrected chi connectivity index (χ4v) is 4.16. The molecule has 0 saturated carbocycles. The van der Waals surface area contributed by atoms with Crippen molar-refractivity contribution in [3.8, 4) is 28.6 Å². The molecule has 0 spiro atoms. The van der Waals surface area contributed by atoms with Crippen LogP contribution in [-0.2, 0) is 6.54 Å². The number of hydrogen-bond acceptors (Lipinski definition) is 6. The Morgan fingerprint density at radius 3 is 2.62 bits per heavy atom. The second-order valence-corrected chi connectivity index (χ2v) is 8.14. The highest BCUT2D eigenvalue weighted by Crippen LogP contribution is 2.33. The van der Waals surface area contributed by atoms with Crippen molar-refractivity contribution in [2.24, 2.45) is 0 Å². The van der Waals surface area contributed by atoms with Crippen LogP contribution in [0.25, 0.3) is 11.4 Å². The third kappa shape index (κ3) is 4.40. The molecule has 0 saturated heterocycles. The first kappa shape index (κ1) is 20.4. The lowest BCUT2D eigenvalue weighted by atomic mass is 10.2. The molecule has 0 atom stereocenters. The molecule has 0 fully saturated rings. The first-order valence-electron chi connectivity index (χ1n) is 10.2. The maximum absolute atomic E-state index is 13.8. The van der Waals surface area contributed by atoms with Gasteiger partial charge in [0.15, 0.2) is 34.0 Å². The molecule has 0 radical (unpaired) electrons. The van der Waals surface area contributed by atoms with E-state index in [1.807, 2.05) is 48.5 Å². The van der Waals surface area contributed by atoms with Gasteiger partial charge in [-0.25, -0.2) is 4.39 Å². The summed E-state index contributed by atoms with van der Waals surface area (Å²) < 4.78 is 32.3. The third-order valence-electron chi connectivity index (χ3n) is 4.94. The highest BCUT2D eigenvalue weighted by molar-refractivity contribution is 7.99. The van der Waals surface area contributed by atoms with Gasteiger partial charge in [0.25, 0.3) is 0 Å². The Bertz CT molecular complexity index is 1220. The average molecular weight is 450 g/mol. The van der Waals surface area contributed by atoms with E-state index in [-0.39, 0.29) is 18.4 Å². The first-order chi connectivity index (χ1) is 15.8. The van der Waals surface area contributed by atoms with E-state index in [9.17, 15) is 4.39 Å². The summed E-state index contributed by atoms with van der Waals surface area (Å²) in [6, 6.07) is 22.2. The fourth-order valence-electron chi connectivity index (χ4n) is 3.41. The molecule has 1 aliphatic heterocycles. The van der Waals surface area contributed by atoms with Crippen LogP contribution in [0, 0.1) is 5.82 Å². The summed E-state index contributed by atoms with van der Waals surface area (Å²) in [5.74, 6) is 2.75. The summed E-state index contributed by atoms with van der Waals surface area (Å²) in [4.78, 5) is 0. The van der Waals surface area contributed by atoms with Crippen LogP contribution in [-0.4, -0.2) is 33.9 Å². The van der Waals surface area contributed by atoms with Crippen molar-refractivity contribution in [2.75, 3.05) is 19.2 Å². The van der Waals surface area contributed by atoms with E-state index in [0.29, 0.717) is 18.9 Å². The minimum Gasteiger partial charge on any atom is -0.490 e. The number of para-hydroxylation sites is 1. The van der Waals surface area contributed by atoms with Gasteiger partial charge in [-0.05, 0) is 29.8 Å². The van der Waals surface area contributed by atoms with Crippen molar-refractivity contribution in [3.63, 3.8) is 0 Å². The average Bonchev–Trinajstić information content (AvgIpc) is 3.45. The third-order valence-corrected chi connectivity index (χ3v) is 5.87. The highest BCUT2D eigenvalue weighted by atomic mass is 32.2. The van der Waals surface area contributed by atoms with Crippen molar-refractivity contribution in [1.82, 2.24) is 14.8 Å². The van der Waals surface area contributed by atoms with Gasteiger partial charge in [-0.15, -0.1) is 10.2 Å². The summed E-state index contributed by atoms with van der Waals surface area (Å²) in [6.07, 6.45) is 0. The number of halogens is 1. The van der Waals surface area contributed by atoms with Crippen LogP contribution in [0.4, 0.5) is 4.39 Å². The van der Waals surface area contributed by atoms with Gasteiger partial charge in [0, 0.05) is 11.3 Å². The zero-order valence-electron chi connectivity index (χ0n) is 17.1. The normalized spacial score (nSPS) is 12.2. The van der Waals surface area contributed by atoms with E-state index < -0.39 is 0 Å². The van der Waals surface area contributed by atoms with Crippen molar-refractivity contribution in [3.05, 3.63) is 84.2 Å². The number of hydrogen-bond donors (Lipinski definition) is 0. The van der Waals surface area contributed by atoms with Crippen LogP contribution >= 0.6 is 11.8 Å².